The molecule has 1 atom stereocenters. The van der Waals surface area contributed by atoms with Crippen molar-refractivity contribution in [3.05, 3.63) is 64.8 Å². The molecule has 0 saturated carbocycles. The summed E-state index contributed by atoms with van der Waals surface area (Å²) in [5.74, 6) is -0.250. The maximum Gasteiger partial charge on any atom is 0.239 e. The Hall–Kier alpha value is -2.95. The number of aliphatic imine (C=N–C) groups is 1. The van der Waals surface area contributed by atoms with Gasteiger partial charge in [-0.1, -0.05) is 41.9 Å². The van der Waals surface area contributed by atoms with E-state index in [0.29, 0.717) is 9.90 Å². The van der Waals surface area contributed by atoms with Crippen molar-refractivity contribution in [1.29, 1.82) is 0 Å². The zero-order chi connectivity index (χ0) is 22.7. The molecule has 2 aromatic carbocycles. The Labute approximate surface area is 194 Å². The molecule has 0 spiro atoms. The van der Waals surface area contributed by atoms with E-state index in [0.717, 1.165) is 31.2 Å². The van der Waals surface area contributed by atoms with Crippen LogP contribution in [0.4, 0.5) is 0 Å². The molecule has 0 aliphatic carbocycles. The van der Waals surface area contributed by atoms with Crippen LogP contribution in [0.2, 0.25) is 5.02 Å². The van der Waals surface area contributed by atoms with Gasteiger partial charge in [-0.3, -0.25) is 0 Å². The summed E-state index contributed by atoms with van der Waals surface area (Å²) in [7, 11) is -2.19. The topological polar surface area (TPSA) is 106 Å². The Morgan fingerprint density at radius 2 is 1.81 bits per heavy atom. The number of fused-ring (bicyclic) bond motifs is 1. The predicted molar refractivity (Wildman–Crippen MR) is 128 cm³/mol. The summed E-state index contributed by atoms with van der Waals surface area (Å²) in [6.07, 6.45) is 3.26. The third kappa shape index (κ3) is 3.26. The van der Waals surface area contributed by atoms with Crippen LogP contribution < -0.4 is 5.73 Å². The lowest BCUT2D eigenvalue weighted by atomic mass is 10.0. The molecule has 3 heterocycles. The molecule has 8 nitrogen and oxygen atoms in total. The number of hydrogen-bond donors (Lipinski definition) is 1. The predicted octanol–water partition coefficient (Wildman–Crippen LogP) is 3.61. The highest BCUT2D eigenvalue weighted by Gasteiger charge is 2.42. The Kier molecular flexibility index (Phi) is 4.77. The van der Waals surface area contributed by atoms with E-state index >= 15 is 0 Å². The lowest BCUT2D eigenvalue weighted by Gasteiger charge is -2.33. The summed E-state index contributed by atoms with van der Waals surface area (Å²) < 4.78 is 27.3. The van der Waals surface area contributed by atoms with Crippen LogP contribution >= 0.6 is 22.9 Å². The number of nitrogens with two attached hydrogens (primary N) is 1. The van der Waals surface area contributed by atoms with Gasteiger partial charge < -0.3 is 5.73 Å². The van der Waals surface area contributed by atoms with E-state index in [2.05, 4.69) is 15.2 Å². The minimum absolute atomic E-state index is 0.0460. The van der Waals surface area contributed by atoms with Gasteiger partial charge >= 0.3 is 0 Å². The van der Waals surface area contributed by atoms with Gasteiger partial charge in [0.05, 0.1) is 33.7 Å². The summed E-state index contributed by atoms with van der Waals surface area (Å²) in [6, 6.07) is 13.8. The van der Waals surface area contributed by atoms with Gasteiger partial charge in [-0.15, -0.1) is 11.3 Å². The molecule has 0 saturated heterocycles. The Balaban J connectivity index is 1.64. The van der Waals surface area contributed by atoms with Crippen LogP contribution in [-0.2, 0) is 15.6 Å². The van der Waals surface area contributed by atoms with Gasteiger partial charge in [0, 0.05) is 17.1 Å². The van der Waals surface area contributed by atoms with Crippen molar-refractivity contribution in [3.63, 3.8) is 0 Å². The fraction of sp³-hybridized carbons (Fsp3) is 0.190. The fourth-order valence-electron chi connectivity index (χ4n) is 3.85. The highest BCUT2D eigenvalue weighted by molar-refractivity contribution is 7.89. The van der Waals surface area contributed by atoms with Crippen molar-refractivity contribution in [2.24, 2.45) is 10.7 Å². The molecule has 0 amide bonds. The average Bonchev–Trinajstić information content (AvgIpc) is 3.41. The highest BCUT2D eigenvalue weighted by Crippen LogP contribution is 2.47. The first-order valence-corrected chi connectivity index (χ1v) is 12.5. The van der Waals surface area contributed by atoms with Crippen LogP contribution in [0.3, 0.4) is 0 Å². The van der Waals surface area contributed by atoms with Crippen molar-refractivity contribution < 1.29 is 8.42 Å². The molecule has 1 aliphatic rings. The summed E-state index contributed by atoms with van der Waals surface area (Å²) >= 11 is 8.23. The third-order valence-corrected chi connectivity index (χ3v) is 9.48. The number of aromatic nitrogens is 3. The van der Waals surface area contributed by atoms with Gasteiger partial charge in [0.25, 0.3) is 0 Å². The van der Waals surface area contributed by atoms with E-state index in [1.54, 1.807) is 24.1 Å². The SMILES string of the molecule is CN1C(N)=N[C@](C)(c2sc3c(-c4ccc(-n5nccn5)cc4)cccc3c2Cl)CS1(=O)=O. The van der Waals surface area contributed by atoms with Gasteiger partial charge in [-0.2, -0.15) is 15.0 Å². The summed E-state index contributed by atoms with van der Waals surface area (Å²) in [5, 5.41) is 9.66. The van der Waals surface area contributed by atoms with Crippen LogP contribution in [0.1, 0.15) is 11.8 Å². The van der Waals surface area contributed by atoms with Crippen molar-refractivity contribution in [2.45, 2.75) is 12.5 Å². The number of nitrogens with zero attached hydrogens (tertiary/aromatic N) is 5. The second-order valence-corrected chi connectivity index (χ2v) is 11.2. The monoisotopic (exact) mass is 486 g/mol. The first kappa shape index (κ1) is 20.9. The fourth-order valence-corrected chi connectivity index (χ4v) is 7.23. The quantitative estimate of drug-likeness (QED) is 0.476. The van der Waals surface area contributed by atoms with Gasteiger partial charge in [-0.05, 0) is 30.2 Å². The number of sulfonamides is 1. The number of benzene rings is 2. The largest absolute Gasteiger partial charge is 0.369 e. The van der Waals surface area contributed by atoms with Crippen molar-refractivity contribution >= 4 is 49.0 Å². The highest BCUT2D eigenvalue weighted by atomic mass is 35.5. The number of halogens is 1. The summed E-state index contributed by atoms with van der Waals surface area (Å²) in [6.45, 7) is 1.76. The van der Waals surface area contributed by atoms with E-state index < -0.39 is 15.6 Å². The molecule has 5 rings (SSSR count). The van der Waals surface area contributed by atoms with E-state index in [1.807, 2.05) is 42.5 Å². The van der Waals surface area contributed by atoms with Gasteiger partial charge in [0.2, 0.25) is 16.0 Å². The molecule has 0 fully saturated rings. The maximum absolute atomic E-state index is 12.6. The molecule has 0 radical (unpaired) electrons. The van der Waals surface area contributed by atoms with E-state index in [-0.39, 0.29) is 11.7 Å². The molecule has 0 unspecified atom stereocenters. The molecule has 0 bridgehead atoms. The number of guanidine groups is 1. The lowest BCUT2D eigenvalue weighted by Crippen LogP contribution is -2.50. The molecule has 164 valence electrons. The first-order chi connectivity index (χ1) is 15.2. The van der Waals surface area contributed by atoms with Crippen molar-refractivity contribution in [1.82, 2.24) is 19.3 Å². The van der Waals surface area contributed by atoms with Gasteiger partial charge in [0.15, 0.2) is 0 Å². The Morgan fingerprint density at radius 3 is 2.47 bits per heavy atom. The normalized spacial score (nSPS) is 20.5. The van der Waals surface area contributed by atoms with Gasteiger partial charge in [0.1, 0.15) is 5.54 Å². The van der Waals surface area contributed by atoms with E-state index in [4.69, 9.17) is 17.3 Å². The molecule has 1 aliphatic heterocycles. The van der Waals surface area contributed by atoms with Crippen LogP contribution in [0, 0.1) is 0 Å². The van der Waals surface area contributed by atoms with Crippen molar-refractivity contribution in [3.8, 4) is 16.8 Å². The van der Waals surface area contributed by atoms with Gasteiger partial charge in [-0.25, -0.2) is 17.7 Å². The van der Waals surface area contributed by atoms with Crippen LogP contribution in [-0.4, -0.2) is 46.5 Å². The number of hydrogen-bond acceptors (Lipinski definition) is 7. The molecule has 32 heavy (non-hydrogen) atoms. The smallest absolute Gasteiger partial charge is 0.239 e. The number of thiophene rings is 1. The lowest BCUT2D eigenvalue weighted by molar-refractivity contribution is 0.482. The molecular formula is C21H19ClN6O2S2. The van der Waals surface area contributed by atoms with E-state index in [1.165, 1.54) is 18.4 Å². The zero-order valence-electron chi connectivity index (χ0n) is 17.2. The summed E-state index contributed by atoms with van der Waals surface area (Å²) in [4.78, 5) is 6.74. The molecule has 2 aromatic heterocycles. The van der Waals surface area contributed by atoms with Crippen LogP contribution in [0.25, 0.3) is 26.9 Å². The minimum atomic E-state index is -3.60. The second kappa shape index (κ2) is 7.29. The van der Waals surface area contributed by atoms with Crippen LogP contribution in [0.5, 0.6) is 0 Å². The zero-order valence-corrected chi connectivity index (χ0v) is 19.6. The Bertz CT molecular complexity index is 1460. The third-order valence-electron chi connectivity index (χ3n) is 5.54. The Morgan fingerprint density at radius 1 is 1.12 bits per heavy atom. The second-order valence-electron chi connectivity index (χ2n) is 7.76. The molecule has 2 N–H and O–H groups in total. The first-order valence-electron chi connectivity index (χ1n) is 9.70. The van der Waals surface area contributed by atoms with E-state index in [9.17, 15) is 8.42 Å². The average molecular weight is 487 g/mol. The molecule has 11 heteroatoms. The maximum atomic E-state index is 12.6. The number of rotatable bonds is 3. The standard InChI is InChI=1S/C21H19ClN6O2S2/c1-21(12-32(29,30)27(2)20(23)26-21)19-17(22)16-5-3-4-15(18(16)31-19)13-6-8-14(9-7-13)28-24-10-11-25-28/h3-11H,12H2,1-2H3,(H2,23,26)/t21-/m0/s1. The minimum Gasteiger partial charge on any atom is -0.369 e. The van der Waals surface area contributed by atoms with Crippen molar-refractivity contribution in [2.75, 3.05) is 12.8 Å². The molecular weight excluding hydrogens is 468 g/mol. The molecule has 4 aromatic rings. The van der Waals surface area contributed by atoms with Crippen LogP contribution in [0.15, 0.2) is 59.9 Å². The summed E-state index contributed by atoms with van der Waals surface area (Å²) in [5.41, 5.74) is 7.72.